The molecule has 1 unspecified atom stereocenters. The maximum Gasteiger partial charge on any atom is 0.174 e. The van der Waals surface area contributed by atoms with Crippen LogP contribution >= 0.6 is 11.3 Å². The molecule has 2 rings (SSSR count). The number of carbonyl (C=O) groups is 1. The molecule has 1 saturated carbocycles. The molecule has 0 saturated heterocycles. The van der Waals surface area contributed by atoms with Gasteiger partial charge < -0.3 is 5.73 Å². The van der Waals surface area contributed by atoms with E-state index >= 15 is 0 Å². The molecule has 1 aliphatic carbocycles. The summed E-state index contributed by atoms with van der Waals surface area (Å²) < 4.78 is 0. The topological polar surface area (TPSA) is 43.1 Å². The fourth-order valence-corrected chi connectivity index (χ4v) is 2.53. The lowest BCUT2D eigenvalue weighted by Gasteiger charge is -2.08. The molecular formula is C11H15NOS. The fraction of sp³-hybridized carbons (Fsp3) is 0.545. The zero-order chi connectivity index (χ0) is 10.1. The van der Waals surface area contributed by atoms with E-state index in [0.29, 0.717) is 12.3 Å². The summed E-state index contributed by atoms with van der Waals surface area (Å²) in [7, 11) is 0. The molecule has 0 radical (unpaired) electrons. The Balaban J connectivity index is 1.98. The first-order valence-corrected chi connectivity index (χ1v) is 5.89. The first-order chi connectivity index (χ1) is 6.68. The molecule has 0 spiro atoms. The summed E-state index contributed by atoms with van der Waals surface area (Å²) >= 11 is 1.53. The van der Waals surface area contributed by atoms with E-state index in [1.165, 1.54) is 24.2 Å². The number of thiophene rings is 1. The number of hydrogen-bond donors (Lipinski definition) is 1. The SMILES string of the molecule is Cc1ccsc1C(=O)CC(N)C1CC1. The maximum absolute atomic E-state index is 11.8. The van der Waals surface area contributed by atoms with Crippen molar-refractivity contribution in [1.29, 1.82) is 0 Å². The normalized spacial score (nSPS) is 18.1. The molecule has 76 valence electrons. The van der Waals surface area contributed by atoms with Crippen molar-refractivity contribution in [3.05, 3.63) is 21.9 Å². The van der Waals surface area contributed by atoms with Crippen LogP contribution in [-0.4, -0.2) is 11.8 Å². The van der Waals surface area contributed by atoms with Crippen molar-refractivity contribution >= 4 is 17.1 Å². The number of carbonyl (C=O) groups excluding carboxylic acids is 1. The Morgan fingerprint density at radius 3 is 2.93 bits per heavy atom. The van der Waals surface area contributed by atoms with Gasteiger partial charge in [-0.1, -0.05) is 0 Å². The van der Waals surface area contributed by atoms with Gasteiger partial charge >= 0.3 is 0 Å². The molecule has 1 aromatic rings. The number of rotatable bonds is 4. The summed E-state index contributed by atoms with van der Waals surface area (Å²) in [5.41, 5.74) is 7.01. The highest BCUT2D eigenvalue weighted by atomic mass is 32.1. The molecule has 0 amide bonds. The highest BCUT2D eigenvalue weighted by Gasteiger charge is 2.30. The average Bonchev–Trinajstić information content (AvgIpc) is 2.89. The van der Waals surface area contributed by atoms with Crippen molar-refractivity contribution in [2.45, 2.75) is 32.2 Å². The van der Waals surface area contributed by atoms with Crippen molar-refractivity contribution in [2.24, 2.45) is 11.7 Å². The Bertz CT molecular complexity index is 341. The minimum Gasteiger partial charge on any atom is -0.327 e. The van der Waals surface area contributed by atoms with E-state index in [1.807, 2.05) is 18.4 Å². The second kappa shape index (κ2) is 3.83. The van der Waals surface area contributed by atoms with Crippen molar-refractivity contribution in [2.75, 3.05) is 0 Å². The van der Waals surface area contributed by atoms with Gasteiger partial charge in [-0.05, 0) is 42.7 Å². The van der Waals surface area contributed by atoms with Gasteiger partial charge in [-0.2, -0.15) is 0 Å². The largest absolute Gasteiger partial charge is 0.327 e. The maximum atomic E-state index is 11.8. The number of ketones is 1. The second-order valence-corrected chi connectivity index (χ2v) is 4.98. The Kier molecular flexibility index (Phi) is 2.70. The smallest absolute Gasteiger partial charge is 0.174 e. The Morgan fingerprint density at radius 2 is 2.43 bits per heavy atom. The summed E-state index contributed by atoms with van der Waals surface area (Å²) in [4.78, 5) is 12.7. The molecular weight excluding hydrogens is 194 g/mol. The van der Waals surface area contributed by atoms with Crippen LogP contribution in [0.5, 0.6) is 0 Å². The number of hydrogen-bond acceptors (Lipinski definition) is 3. The van der Waals surface area contributed by atoms with Gasteiger partial charge in [-0.25, -0.2) is 0 Å². The van der Waals surface area contributed by atoms with E-state index in [1.54, 1.807) is 0 Å². The summed E-state index contributed by atoms with van der Waals surface area (Å²) in [5.74, 6) is 0.830. The molecule has 3 heteroatoms. The van der Waals surface area contributed by atoms with Gasteiger partial charge in [0.1, 0.15) is 0 Å². The van der Waals surface area contributed by atoms with Crippen LogP contribution in [0.15, 0.2) is 11.4 Å². The van der Waals surface area contributed by atoms with Gasteiger partial charge in [0, 0.05) is 12.5 Å². The molecule has 0 aromatic carbocycles. The molecule has 1 heterocycles. The van der Waals surface area contributed by atoms with Crippen LogP contribution in [-0.2, 0) is 0 Å². The predicted molar refractivity (Wildman–Crippen MR) is 58.7 cm³/mol. The molecule has 1 aliphatic rings. The molecule has 0 aliphatic heterocycles. The third-order valence-corrected chi connectivity index (χ3v) is 3.82. The van der Waals surface area contributed by atoms with Crippen LogP contribution in [0, 0.1) is 12.8 Å². The zero-order valence-corrected chi connectivity index (χ0v) is 9.14. The first-order valence-electron chi connectivity index (χ1n) is 5.01. The van der Waals surface area contributed by atoms with Gasteiger partial charge in [0.15, 0.2) is 5.78 Å². The zero-order valence-electron chi connectivity index (χ0n) is 8.32. The number of Topliss-reactive ketones (excluding diaryl/α,β-unsaturated/α-hetero) is 1. The predicted octanol–water partition coefficient (Wildman–Crippen LogP) is 2.37. The van der Waals surface area contributed by atoms with Crippen LogP contribution in [0.4, 0.5) is 0 Å². The van der Waals surface area contributed by atoms with E-state index in [-0.39, 0.29) is 11.8 Å². The van der Waals surface area contributed by atoms with Crippen LogP contribution in [0.3, 0.4) is 0 Å². The lowest BCUT2D eigenvalue weighted by molar-refractivity contribution is 0.0975. The van der Waals surface area contributed by atoms with Crippen LogP contribution < -0.4 is 5.73 Å². The quantitative estimate of drug-likeness (QED) is 0.774. The van der Waals surface area contributed by atoms with E-state index in [2.05, 4.69) is 0 Å². The second-order valence-electron chi connectivity index (χ2n) is 4.06. The highest BCUT2D eigenvalue weighted by molar-refractivity contribution is 7.12. The van der Waals surface area contributed by atoms with Gasteiger partial charge in [0.2, 0.25) is 0 Å². The lowest BCUT2D eigenvalue weighted by atomic mass is 10.0. The van der Waals surface area contributed by atoms with Crippen molar-refractivity contribution in [3.8, 4) is 0 Å². The fourth-order valence-electron chi connectivity index (χ4n) is 1.66. The first kappa shape index (κ1) is 9.87. The molecule has 2 nitrogen and oxygen atoms in total. The van der Waals surface area contributed by atoms with E-state index in [0.717, 1.165) is 10.4 Å². The number of nitrogens with two attached hydrogens (primary N) is 1. The lowest BCUT2D eigenvalue weighted by Crippen LogP contribution is -2.25. The van der Waals surface area contributed by atoms with E-state index < -0.39 is 0 Å². The van der Waals surface area contributed by atoms with Gasteiger partial charge in [-0.3, -0.25) is 4.79 Å². The van der Waals surface area contributed by atoms with Crippen LogP contribution in [0.1, 0.15) is 34.5 Å². The van der Waals surface area contributed by atoms with Gasteiger partial charge in [0.25, 0.3) is 0 Å². The van der Waals surface area contributed by atoms with Crippen molar-refractivity contribution < 1.29 is 4.79 Å². The van der Waals surface area contributed by atoms with E-state index in [9.17, 15) is 4.79 Å². The average molecular weight is 209 g/mol. The van der Waals surface area contributed by atoms with Gasteiger partial charge in [-0.15, -0.1) is 11.3 Å². The molecule has 1 aromatic heterocycles. The standard InChI is InChI=1S/C11H15NOS/c1-7-4-5-14-11(7)10(13)6-9(12)8-2-3-8/h4-5,8-9H,2-3,6,12H2,1H3. The van der Waals surface area contributed by atoms with Gasteiger partial charge in [0.05, 0.1) is 4.88 Å². The third-order valence-electron chi connectivity index (χ3n) is 2.76. The molecule has 1 fully saturated rings. The summed E-state index contributed by atoms with van der Waals surface area (Å²) in [6.45, 7) is 1.98. The van der Waals surface area contributed by atoms with E-state index in [4.69, 9.17) is 5.73 Å². The Labute approximate surface area is 88.1 Å². The number of aryl methyl sites for hydroxylation is 1. The minimum atomic E-state index is 0.0870. The monoisotopic (exact) mass is 209 g/mol. The Morgan fingerprint density at radius 1 is 1.71 bits per heavy atom. The minimum absolute atomic E-state index is 0.0870. The van der Waals surface area contributed by atoms with Crippen molar-refractivity contribution in [3.63, 3.8) is 0 Å². The summed E-state index contributed by atoms with van der Waals surface area (Å²) in [5, 5.41) is 1.96. The molecule has 1 atom stereocenters. The molecule has 14 heavy (non-hydrogen) atoms. The molecule has 0 bridgehead atoms. The third kappa shape index (κ3) is 2.04. The highest BCUT2D eigenvalue weighted by Crippen LogP contribution is 2.33. The summed E-state index contributed by atoms with van der Waals surface area (Å²) in [6.07, 6.45) is 2.93. The van der Waals surface area contributed by atoms with Crippen LogP contribution in [0.2, 0.25) is 0 Å². The Hall–Kier alpha value is -0.670. The van der Waals surface area contributed by atoms with Crippen molar-refractivity contribution in [1.82, 2.24) is 0 Å². The summed E-state index contributed by atoms with van der Waals surface area (Å²) in [6, 6.07) is 2.07. The molecule has 2 N–H and O–H groups in total. The van der Waals surface area contributed by atoms with Crippen LogP contribution in [0.25, 0.3) is 0 Å².